The summed E-state index contributed by atoms with van der Waals surface area (Å²) < 4.78 is 1.95. The molecule has 6 heteroatoms. The van der Waals surface area contributed by atoms with Crippen molar-refractivity contribution < 1.29 is 4.79 Å². The topological polar surface area (TPSA) is 60.7 Å². The Kier molecular flexibility index (Phi) is 4.99. The number of rotatable bonds is 5. The molecular formula is C19H20N4OS. The zero-order valence-corrected chi connectivity index (χ0v) is 15.3. The molecule has 0 aliphatic rings. The van der Waals surface area contributed by atoms with Crippen molar-refractivity contribution >= 4 is 17.5 Å². The SMILES string of the molecule is CC(C)(C)C(=O)CSc1nnc(-c2ccccn2)n1-c1ccccc1. The molecule has 0 saturated heterocycles. The van der Waals surface area contributed by atoms with Gasteiger partial charge in [-0.2, -0.15) is 0 Å². The molecule has 0 aliphatic heterocycles. The highest BCUT2D eigenvalue weighted by Crippen LogP contribution is 2.28. The fourth-order valence-corrected chi connectivity index (χ4v) is 3.29. The molecule has 0 saturated carbocycles. The van der Waals surface area contributed by atoms with Gasteiger partial charge in [0.1, 0.15) is 11.5 Å². The molecule has 0 bridgehead atoms. The number of benzene rings is 1. The summed E-state index contributed by atoms with van der Waals surface area (Å²) in [7, 11) is 0. The maximum Gasteiger partial charge on any atom is 0.196 e. The predicted molar refractivity (Wildman–Crippen MR) is 99.8 cm³/mol. The van der Waals surface area contributed by atoms with Crippen LogP contribution in [0.1, 0.15) is 20.8 Å². The van der Waals surface area contributed by atoms with Crippen LogP contribution in [-0.4, -0.2) is 31.3 Å². The number of hydrogen-bond donors (Lipinski definition) is 0. The zero-order chi connectivity index (χ0) is 17.9. The summed E-state index contributed by atoms with van der Waals surface area (Å²) in [5, 5.41) is 9.31. The third kappa shape index (κ3) is 3.96. The smallest absolute Gasteiger partial charge is 0.196 e. The third-order valence-corrected chi connectivity index (χ3v) is 4.64. The molecular weight excluding hydrogens is 332 g/mol. The van der Waals surface area contributed by atoms with Crippen LogP contribution in [0.2, 0.25) is 0 Å². The van der Waals surface area contributed by atoms with Crippen molar-refractivity contribution in [1.82, 2.24) is 19.7 Å². The van der Waals surface area contributed by atoms with Crippen LogP contribution in [0.5, 0.6) is 0 Å². The van der Waals surface area contributed by atoms with E-state index in [0.29, 0.717) is 16.7 Å². The lowest BCUT2D eigenvalue weighted by atomic mass is 9.92. The van der Waals surface area contributed by atoms with Crippen LogP contribution in [0, 0.1) is 5.41 Å². The number of para-hydroxylation sites is 1. The van der Waals surface area contributed by atoms with Gasteiger partial charge < -0.3 is 0 Å². The van der Waals surface area contributed by atoms with Gasteiger partial charge >= 0.3 is 0 Å². The van der Waals surface area contributed by atoms with Crippen LogP contribution in [0.15, 0.2) is 59.9 Å². The molecule has 0 spiro atoms. The molecule has 3 rings (SSSR count). The largest absolute Gasteiger partial charge is 0.298 e. The van der Waals surface area contributed by atoms with Gasteiger partial charge in [0.25, 0.3) is 0 Å². The zero-order valence-electron chi connectivity index (χ0n) is 14.5. The number of aromatic nitrogens is 4. The fourth-order valence-electron chi connectivity index (χ4n) is 2.18. The van der Waals surface area contributed by atoms with E-state index in [-0.39, 0.29) is 11.2 Å². The standard InChI is InChI=1S/C19H20N4OS/c1-19(2,3)16(24)13-25-18-22-21-17(15-11-7-8-12-20-15)23(18)14-9-5-4-6-10-14/h4-12H,13H2,1-3H3. The Morgan fingerprint density at radius 3 is 2.40 bits per heavy atom. The van der Waals surface area contributed by atoms with E-state index in [1.807, 2.05) is 73.9 Å². The second kappa shape index (κ2) is 7.19. The Balaban J connectivity index is 1.99. The molecule has 0 radical (unpaired) electrons. The van der Waals surface area contributed by atoms with Crippen molar-refractivity contribution in [3.05, 3.63) is 54.7 Å². The Hall–Kier alpha value is -2.47. The molecule has 128 valence electrons. The highest BCUT2D eigenvalue weighted by Gasteiger charge is 2.23. The lowest BCUT2D eigenvalue weighted by Gasteiger charge is -2.16. The maximum atomic E-state index is 12.3. The molecule has 2 aromatic heterocycles. The Morgan fingerprint density at radius 1 is 1.04 bits per heavy atom. The molecule has 0 atom stereocenters. The molecule has 0 amide bonds. The van der Waals surface area contributed by atoms with Gasteiger partial charge in [0.2, 0.25) is 0 Å². The minimum atomic E-state index is -0.367. The predicted octanol–water partition coefficient (Wildman–Crippen LogP) is 4.04. The first-order chi connectivity index (χ1) is 12.0. The van der Waals surface area contributed by atoms with E-state index in [4.69, 9.17) is 0 Å². The Labute approximate surface area is 151 Å². The van der Waals surface area contributed by atoms with Crippen molar-refractivity contribution in [2.75, 3.05) is 5.75 Å². The van der Waals surface area contributed by atoms with Crippen LogP contribution in [-0.2, 0) is 4.79 Å². The number of nitrogens with zero attached hydrogens (tertiary/aromatic N) is 4. The molecule has 25 heavy (non-hydrogen) atoms. The number of ketones is 1. The van der Waals surface area contributed by atoms with Crippen molar-refractivity contribution in [1.29, 1.82) is 0 Å². The van der Waals surface area contributed by atoms with Crippen molar-refractivity contribution in [3.8, 4) is 17.2 Å². The number of carbonyl (C=O) groups is 1. The van der Waals surface area contributed by atoms with Gasteiger partial charge in [-0.15, -0.1) is 10.2 Å². The molecule has 0 aliphatic carbocycles. The van der Waals surface area contributed by atoms with Crippen molar-refractivity contribution in [2.24, 2.45) is 5.41 Å². The summed E-state index contributed by atoms with van der Waals surface area (Å²) in [6.07, 6.45) is 1.73. The van der Waals surface area contributed by atoms with Gasteiger partial charge in [0, 0.05) is 17.3 Å². The number of Topliss-reactive ketones (excluding diaryl/α,β-unsaturated/α-hetero) is 1. The van der Waals surface area contributed by atoms with E-state index in [9.17, 15) is 4.79 Å². The van der Waals surface area contributed by atoms with Crippen LogP contribution in [0.4, 0.5) is 0 Å². The summed E-state index contributed by atoms with van der Waals surface area (Å²) >= 11 is 1.40. The molecule has 3 aromatic rings. The first-order valence-corrected chi connectivity index (χ1v) is 9.04. The van der Waals surface area contributed by atoms with E-state index >= 15 is 0 Å². The lowest BCUT2D eigenvalue weighted by Crippen LogP contribution is -2.22. The molecule has 0 fully saturated rings. The van der Waals surface area contributed by atoms with Crippen molar-refractivity contribution in [2.45, 2.75) is 25.9 Å². The van der Waals surface area contributed by atoms with E-state index in [2.05, 4.69) is 15.2 Å². The second-order valence-corrected chi connectivity index (χ2v) is 7.60. The summed E-state index contributed by atoms with van der Waals surface area (Å²) in [6.45, 7) is 5.78. The highest BCUT2D eigenvalue weighted by atomic mass is 32.2. The van der Waals surface area contributed by atoms with Gasteiger partial charge in [-0.1, -0.05) is 56.8 Å². The second-order valence-electron chi connectivity index (χ2n) is 6.65. The fraction of sp³-hybridized carbons (Fsp3) is 0.263. The third-order valence-electron chi connectivity index (χ3n) is 3.71. The van der Waals surface area contributed by atoms with Gasteiger partial charge in [-0.05, 0) is 24.3 Å². The Bertz CT molecular complexity index is 854. The monoisotopic (exact) mass is 352 g/mol. The molecule has 5 nitrogen and oxygen atoms in total. The van der Waals surface area contributed by atoms with Gasteiger partial charge in [-0.25, -0.2) is 0 Å². The minimum Gasteiger partial charge on any atom is -0.298 e. The van der Waals surface area contributed by atoms with E-state index in [1.54, 1.807) is 6.20 Å². The molecule has 1 aromatic carbocycles. The number of hydrogen-bond acceptors (Lipinski definition) is 5. The van der Waals surface area contributed by atoms with Gasteiger partial charge in [-0.3, -0.25) is 14.3 Å². The number of pyridine rings is 1. The first kappa shape index (κ1) is 17.4. The average molecular weight is 352 g/mol. The summed E-state index contributed by atoms with van der Waals surface area (Å²) in [6, 6.07) is 15.6. The van der Waals surface area contributed by atoms with Gasteiger partial charge in [0.05, 0.1) is 5.75 Å². The summed E-state index contributed by atoms with van der Waals surface area (Å²) in [5.41, 5.74) is 1.32. The first-order valence-electron chi connectivity index (χ1n) is 8.05. The Morgan fingerprint density at radius 2 is 1.76 bits per heavy atom. The molecule has 0 unspecified atom stereocenters. The van der Waals surface area contributed by atoms with Crippen LogP contribution >= 0.6 is 11.8 Å². The normalized spacial score (nSPS) is 11.5. The average Bonchev–Trinajstić information content (AvgIpc) is 3.04. The summed E-state index contributed by atoms with van der Waals surface area (Å²) in [4.78, 5) is 16.7. The minimum absolute atomic E-state index is 0.180. The highest BCUT2D eigenvalue weighted by molar-refractivity contribution is 7.99. The van der Waals surface area contributed by atoms with Gasteiger partial charge in [0.15, 0.2) is 11.0 Å². The number of carbonyl (C=O) groups excluding carboxylic acids is 1. The maximum absolute atomic E-state index is 12.3. The number of thioether (sulfide) groups is 1. The van der Waals surface area contributed by atoms with Crippen molar-refractivity contribution in [3.63, 3.8) is 0 Å². The van der Waals surface area contributed by atoms with E-state index < -0.39 is 0 Å². The van der Waals surface area contributed by atoms with Crippen LogP contribution < -0.4 is 0 Å². The van der Waals surface area contributed by atoms with E-state index in [0.717, 1.165) is 11.4 Å². The molecule has 2 heterocycles. The lowest BCUT2D eigenvalue weighted by molar-refractivity contribution is -0.123. The molecule has 0 N–H and O–H groups in total. The quantitative estimate of drug-likeness (QED) is 0.649. The van der Waals surface area contributed by atoms with Crippen LogP contribution in [0.25, 0.3) is 17.2 Å². The van der Waals surface area contributed by atoms with E-state index in [1.165, 1.54) is 11.8 Å². The van der Waals surface area contributed by atoms with Crippen LogP contribution in [0.3, 0.4) is 0 Å². The summed E-state index contributed by atoms with van der Waals surface area (Å²) in [5.74, 6) is 1.20.